The van der Waals surface area contributed by atoms with Crippen LogP contribution in [0.2, 0.25) is 0 Å². The number of nitrogens with zero attached hydrogens (tertiary/aromatic N) is 2. The quantitative estimate of drug-likeness (QED) is 0.381. The highest BCUT2D eigenvalue weighted by Gasteiger charge is 2.25. The average Bonchev–Trinajstić information content (AvgIpc) is 3.34. The predicted molar refractivity (Wildman–Crippen MR) is 124 cm³/mol. The van der Waals surface area contributed by atoms with E-state index in [2.05, 4.69) is 70.6 Å². The molecule has 0 aromatic heterocycles. The van der Waals surface area contributed by atoms with E-state index >= 15 is 0 Å². The summed E-state index contributed by atoms with van der Waals surface area (Å²) in [5, 5.41) is 1.97. The van der Waals surface area contributed by atoms with E-state index in [1.807, 2.05) is 59.6 Å². The molecule has 0 amide bonds. The van der Waals surface area contributed by atoms with E-state index in [4.69, 9.17) is 4.74 Å². The molecular formula is C26H20N4O. The summed E-state index contributed by atoms with van der Waals surface area (Å²) < 4.78 is 6.14. The van der Waals surface area contributed by atoms with Gasteiger partial charge in [0.15, 0.2) is 11.5 Å². The lowest BCUT2D eigenvalue weighted by Crippen LogP contribution is -2.36. The molecule has 0 spiro atoms. The molecule has 0 saturated carbocycles. The first-order valence-electron chi connectivity index (χ1n) is 10.2. The van der Waals surface area contributed by atoms with Gasteiger partial charge in [-0.15, -0.1) is 5.53 Å². The minimum absolute atomic E-state index is 0.849. The second kappa shape index (κ2) is 7.23. The van der Waals surface area contributed by atoms with Crippen LogP contribution in [0.1, 0.15) is 5.56 Å². The minimum atomic E-state index is 0.849. The van der Waals surface area contributed by atoms with Crippen molar-refractivity contribution >= 4 is 28.4 Å². The third-order valence-electron chi connectivity index (χ3n) is 5.45. The van der Waals surface area contributed by atoms with Crippen molar-refractivity contribution in [1.82, 2.24) is 11.0 Å². The van der Waals surface area contributed by atoms with Gasteiger partial charge >= 0.3 is 0 Å². The Balaban J connectivity index is 1.41. The van der Waals surface area contributed by atoms with E-state index in [-0.39, 0.29) is 0 Å². The maximum absolute atomic E-state index is 6.14. The van der Waals surface area contributed by atoms with Crippen molar-refractivity contribution in [3.63, 3.8) is 0 Å². The van der Waals surface area contributed by atoms with E-state index < -0.39 is 0 Å². The van der Waals surface area contributed by atoms with Gasteiger partial charge in [-0.1, -0.05) is 54.6 Å². The number of hydrogen-bond acceptors (Lipinski definition) is 5. The van der Waals surface area contributed by atoms with Crippen LogP contribution in [-0.2, 0) is 0 Å². The molecule has 0 saturated heterocycles. The van der Waals surface area contributed by atoms with Crippen molar-refractivity contribution in [2.24, 2.45) is 0 Å². The maximum atomic E-state index is 6.14. The average molecular weight is 404 g/mol. The van der Waals surface area contributed by atoms with E-state index in [1.54, 1.807) is 0 Å². The second-order valence-corrected chi connectivity index (χ2v) is 7.41. The number of nitrogens with one attached hydrogen (secondary N) is 2. The SMILES string of the molecule is C1=C(c2cccc(N3c4ccccc4Oc4ccccc43)c2)NNN1c1ccccc1. The lowest BCUT2D eigenvalue weighted by atomic mass is 10.1. The summed E-state index contributed by atoms with van der Waals surface area (Å²) in [6, 6.07) is 34.9. The van der Waals surface area contributed by atoms with Gasteiger partial charge in [-0.25, -0.2) is 0 Å². The zero-order valence-electron chi connectivity index (χ0n) is 16.7. The van der Waals surface area contributed by atoms with Crippen LogP contribution < -0.4 is 25.6 Å². The molecule has 0 unspecified atom stereocenters. The van der Waals surface area contributed by atoms with Gasteiger partial charge in [0, 0.05) is 17.5 Å². The van der Waals surface area contributed by atoms with E-state index in [0.717, 1.165) is 45.5 Å². The molecule has 2 aliphatic heterocycles. The highest BCUT2D eigenvalue weighted by Crippen LogP contribution is 2.50. The zero-order chi connectivity index (χ0) is 20.6. The van der Waals surface area contributed by atoms with Crippen molar-refractivity contribution < 1.29 is 4.74 Å². The molecule has 0 aliphatic carbocycles. The molecule has 0 bridgehead atoms. The number of para-hydroxylation sites is 5. The first-order valence-corrected chi connectivity index (χ1v) is 10.2. The van der Waals surface area contributed by atoms with Crippen LogP contribution in [0.3, 0.4) is 0 Å². The molecule has 4 aromatic carbocycles. The maximum Gasteiger partial charge on any atom is 0.151 e. The highest BCUT2D eigenvalue weighted by molar-refractivity contribution is 5.87. The zero-order valence-corrected chi connectivity index (χ0v) is 16.7. The molecule has 5 nitrogen and oxygen atoms in total. The molecule has 0 radical (unpaired) electrons. The summed E-state index contributed by atoms with van der Waals surface area (Å²) in [6.07, 6.45) is 2.07. The minimum Gasteiger partial charge on any atom is -0.453 e. The van der Waals surface area contributed by atoms with Gasteiger partial charge in [0.2, 0.25) is 0 Å². The third-order valence-corrected chi connectivity index (χ3v) is 5.45. The van der Waals surface area contributed by atoms with Crippen LogP contribution >= 0.6 is 0 Å². The van der Waals surface area contributed by atoms with Gasteiger partial charge < -0.3 is 15.1 Å². The van der Waals surface area contributed by atoms with E-state index in [1.165, 1.54) is 0 Å². The molecule has 2 heterocycles. The van der Waals surface area contributed by atoms with Crippen molar-refractivity contribution in [2.75, 3.05) is 9.91 Å². The Morgan fingerprint density at radius 3 is 2.00 bits per heavy atom. The molecule has 2 aliphatic rings. The molecule has 2 N–H and O–H groups in total. The van der Waals surface area contributed by atoms with Gasteiger partial charge in [0.25, 0.3) is 0 Å². The number of ether oxygens (including phenoxy) is 1. The Hall–Kier alpha value is -4.22. The molecule has 31 heavy (non-hydrogen) atoms. The Morgan fingerprint density at radius 1 is 0.613 bits per heavy atom. The number of benzene rings is 4. The fourth-order valence-electron chi connectivity index (χ4n) is 3.98. The Bertz CT molecular complexity index is 1240. The number of anilines is 4. The standard InChI is InChI=1S/C26H20N4O/c1-2-10-20(11-3-1)29-18-22(27-28-29)19-9-8-12-21(17-19)30-23-13-4-6-15-25(23)31-26-16-7-5-14-24(26)30/h1-18,27-28H. The Kier molecular flexibility index (Phi) is 4.11. The first-order chi connectivity index (χ1) is 15.4. The summed E-state index contributed by atoms with van der Waals surface area (Å²) in [5.41, 5.74) is 12.8. The summed E-state index contributed by atoms with van der Waals surface area (Å²) in [7, 11) is 0. The van der Waals surface area contributed by atoms with Crippen LogP contribution in [0.5, 0.6) is 11.5 Å². The van der Waals surface area contributed by atoms with Gasteiger partial charge in [-0.2, -0.15) is 0 Å². The topological polar surface area (TPSA) is 39.8 Å². The van der Waals surface area contributed by atoms with Gasteiger partial charge in [0.1, 0.15) is 0 Å². The Labute approximate surface area is 180 Å². The largest absolute Gasteiger partial charge is 0.453 e. The van der Waals surface area contributed by atoms with Crippen LogP contribution in [0.15, 0.2) is 109 Å². The van der Waals surface area contributed by atoms with Crippen molar-refractivity contribution in [3.8, 4) is 11.5 Å². The highest BCUT2D eigenvalue weighted by atomic mass is 16.5. The van der Waals surface area contributed by atoms with Gasteiger partial charge in [-0.3, -0.25) is 5.01 Å². The third kappa shape index (κ3) is 3.08. The summed E-state index contributed by atoms with van der Waals surface area (Å²) in [5.74, 6) is 1.70. The van der Waals surface area contributed by atoms with Gasteiger partial charge in [0.05, 0.1) is 22.8 Å². The molecular weight excluding hydrogens is 384 g/mol. The molecule has 6 rings (SSSR count). The van der Waals surface area contributed by atoms with Crippen LogP contribution in [0.25, 0.3) is 5.70 Å². The smallest absolute Gasteiger partial charge is 0.151 e. The normalized spacial score (nSPS) is 14.3. The fourth-order valence-corrected chi connectivity index (χ4v) is 3.98. The van der Waals surface area contributed by atoms with Crippen molar-refractivity contribution in [3.05, 3.63) is 115 Å². The lowest BCUT2D eigenvalue weighted by molar-refractivity contribution is 0.477. The molecule has 5 heteroatoms. The number of hydrazine groups is 2. The fraction of sp³-hybridized carbons (Fsp3) is 0. The van der Waals surface area contributed by atoms with Gasteiger partial charge in [-0.05, 0) is 48.5 Å². The van der Waals surface area contributed by atoms with E-state index in [9.17, 15) is 0 Å². The predicted octanol–water partition coefficient (Wildman–Crippen LogP) is 6.09. The second-order valence-electron chi connectivity index (χ2n) is 7.41. The van der Waals surface area contributed by atoms with Crippen LogP contribution in [0.4, 0.5) is 22.7 Å². The van der Waals surface area contributed by atoms with Crippen molar-refractivity contribution in [2.45, 2.75) is 0 Å². The summed E-state index contributed by atoms with van der Waals surface area (Å²) >= 11 is 0. The molecule has 150 valence electrons. The first kappa shape index (κ1) is 17.6. The molecule has 0 atom stereocenters. The van der Waals surface area contributed by atoms with Crippen LogP contribution in [0, 0.1) is 0 Å². The number of rotatable bonds is 3. The lowest BCUT2D eigenvalue weighted by Gasteiger charge is -2.33. The van der Waals surface area contributed by atoms with E-state index in [0.29, 0.717) is 0 Å². The van der Waals surface area contributed by atoms with Crippen molar-refractivity contribution in [1.29, 1.82) is 0 Å². The monoisotopic (exact) mass is 404 g/mol. The Morgan fingerprint density at radius 2 is 1.26 bits per heavy atom. The molecule has 4 aromatic rings. The summed E-state index contributed by atoms with van der Waals surface area (Å²) in [6.45, 7) is 0. The molecule has 0 fully saturated rings. The van der Waals surface area contributed by atoms with Crippen LogP contribution in [-0.4, -0.2) is 0 Å². The number of fused-ring (bicyclic) bond motifs is 2. The number of hydrogen-bond donors (Lipinski definition) is 2. The summed E-state index contributed by atoms with van der Waals surface area (Å²) in [4.78, 5) is 2.25.